The SMILES string of the molecule is CN(CC(=O)NC1CC1)C(=O)NC(CC(=O)O)C(C)(C)C. The number of carboxylic acid groups (broad SMARTS) is 1. The van der Waals surface area contributed by atoms with Gasteiger partial charge in [-0.25, -0.2) is 4.79 Å². The van der Waals surface area contributed by atoms with Crippen molar-refractivity contribution in [1.29, 1.82) is 0 Å². The second-order valence-electron chi connectivity index (χ2n) is 6.66. The van der Waals surface area contributed by atoms with Crippen molar-refractivity contribution in [2.45, 2.75) is 52.1 Å². The van der Waals surface area contributed by atoms with Crippen LogP contribution in [0.2, 0.25) is 0 Å². The highest BCUT2D eigenvalue weighted by Crippen LogP contribution is 2.22. The summed E-state index contributed by atoms with van der Waals surface area (Å²) in [5.41, 5.74) is -0.384. The summed E-state index contributed by atoms with van der Waals surface area (Å²) in [7, 11) is 1.52. The molecule has 1 rings (SSSR count). The van der Waals surface area contributed by atoms with E-state index >= 15 is 0 Å². The Morgan fingerprint density at radius 3 is 2.29 bits per heavy atom. The Morgan fingerprint density at radius 2 is 1.86 bits per heavy atom. The second-order valence-corrected chi connectivity index (χ2v) is 6.66. The number of hydrogen-bond acceptors (Lipinski definition) is 3. The van der Waals surface area contributed by atoms with Gasteiger partial charge >= 0.3 is 12.0 Å². The molecule has 120 valence electrons. The van der Waals surface area contributed by atoms with E-state index in [1.165, 1.54) is 11.9 Å². The summed E-state index contributed by atoms with van der Waals surface area (Å²) in [6.45, 7) is 5.55. The number of rotatable bonds is 6. The van der Waals surface area contributed by atoms with E-state index in [2.05, 4.69) is 10.6 Å². The molecule has 1 fully saturated rings. The molecule has 0 radical (unpaired) electrons. The topological polar surface area (TPSA) is 98.7 Å². The van der Waals surface area contributed by atoms with Crippen LogP contribution in [0.15, 0.2) is 0 Å². The minimum atomic E-state index is -0.968. The molecule has 0 aromatic carbocycles. The van der Waals surface area contributed by atoms with Crippen molar-refractivity contribution < 1.29 is 19.5 Å². The van der Waals surface area contributed by atoms with Gasteiger partial charge in [-0.05, 0) is 18.3 Å². The summed E-state index contributed by atoms with van der Waals surface area (Å²) in [5, 5.41) is 14.4. The minimum Gasteiger partial charge on any atom is -0.481 e. The standard InChI is InChI=1S/C14H25N3O4/c1-14(2,3)10(7-12(19)20)16-13(21)17(4)8-11(18)15-9-5-6-9/h9-10H,5-8H2,1-4H3,(H,15,18)(H,16,21)(H,19,20). The van der Waals surface area contributed by atoms with E-state index in [0.717, 1.165) is 12.8 Å². The smallest absolute Gasteiger partial charge is 0.317 e. The van der Waals surface area contributed by atoms with Crippen LogP contribution in [0.4, 0.5) is 4.79 Å². The third kappa shape index (κ3) is 6.46. The van der Waals surface area contributed by atoms with E-state index in [0.29, 0.717) is 0 Å². The lowest BCUT2D eigenvalue weighted by Gasteiger charge is -2.32. The fourth-order valence-electron chi connectivity index (χ4n) is 1.80. The summed E-state index contributed by atoms with van der Waals surface area (Å²) in [4.78, 5) is 35.8. The molecule has 21 heavy (non-hydrogen) atoms. The zero-order chi connectivity index (χ0) is 16.2. The molecule has 1 unspecified atom stereocenters. The third-order valence-electron chi connectivity index (χ3n) is 3.39. The van der Waals surface area contributed by atoms with E-state index < -0.39 is 18.0 Å². The Bertz CT molecular complexity index is 413. The molecule has 0 aromatic heterocycles. The maximum atomic E-state index is 12.1. The van der Waals surface area contributed by atoms with Crippen LogP contribution < -0.4 is 10.6 Å². The van der Waals surface area contributed by atoms with E-state index in [-0.39, 0.29) is 30.3 Å². The van der Waals surface area contributed by atoms with Gasteiger partial charge in [0.05, 0.1) is 6.42 Å². The number of aliphatic carboxylic acids is 1. The molecule has 0 aromatic rings. The lowest BCUT2D eigenvalue weighted by Crippen LogP contribution is -2.51. The van der Waals surface area contributed by atoms with Crippen LogP contribution >= 0.6 is 0 Å². The van der Waals surface area contributed by atoms with Gasteiger partial charge in [-0.2, -0.15) is 0 Å². The molecule has 0 saturated heterocycles. The highest BCUT2D eigenvalue weighted by molar-refractivity contribution is 5.84. The van der Waals surface area contributed by atoms with Crippen molar-refractivity contribution in [2.24, 2.45) is 5.41 Å². The third-order valence-corrected chi connectivity index (χ3v) is 3.39. The summed E-state index contributed by atoms with van der Waals surface area (Å²) in [6.07, 6.45) is 1.83. The maximum Gasteiger partial charge on any atom is 0.317 e. The highest BCUT2D eigenvalue weighted by Gasteiger charge is 2.30. The number of amides is 3. The molecule has 0 bridgehead atoms. The van der Waals surface area contributed by atoms with Gasteiger partial charge in [-0.3, -0.25) is 9.59 Å². The van der Waals surface area contributed by atoms with Crippen molar-refractivity contribution in [3.63, 3.8) is 0 Å². The Labute approximate surface area is 125 Å². The van der Waals surface area contributed by atoms with Crippen molar-refractivity contribution >= 4 is 17.9 Å². The van der Waals surface area contributed by atoms with Crippen LogP contribution in [0.1, 0.15) is 40.0 Å². The number of urea groups is 1. The summed E-state index contributed by atoms with van der Waals surface area (Å²) in [6, 6.07) is -0.693. The molecule has 1 atom stereocenters. The summed E-state index contributed by atoms with van der Waals surface area (Å²) >= 11 is 0. The molecule has 0 heterocycles. The number of carboxylic acids is 1. The quantitative estimate of drug-likeness (QED) is 0.675. The first kappa shape index (κ1) is 17.3. The minimum absolute atomic E-state index is 0.0354. The van der Waals surface area contributed by atoms with Gasteiger partial charge in [0.1, 0.15) is 6.54 Å². The first-order valence-corrected chi connectivity index (χ1v) is 7.12. The van der Waals surface area contributed by atoms with Gasteiger partial charge in [-0.1, -0.05) is 20.8 Å². The Morgan fingerprint density at radius 1 is 1.29 bits per heavy atom. The fraction of sp³-hybridized carbons (Fsp3) is 0.786. The van der Waals surface area contributed by atoms with Crippen molar-refractivity contribution in [3.8, 4) is 0 Å². The van der Waals surface area contributed by atoms with Crippen molar-refractivity contribution in [3.05, 3.63) is 0 Å². The Kier molecular flexibility index (Phi) is 5.57. The molecule has 1 aliphatic rings. The highest BCUT2D eigenvalue weighted by atomic mass is 16.4. The van der Waals surface area contributed by atoms with Crippen molar-refractivity contribution in [1.82, 2.24) is 15.5 Å². The van der Waals surface area contributed by atoms with E-state index in [1.54, 1.807) is 0 Å². The number of nitrogens with zero attached hydrogens (tertiary/aromatic N) is 1. The lowest BCUT2D eigenvalue weighted by molar-refractivity contribution is -0.138. The van der Waals surface area contributed by atoms with E-state index in [1.807, 2.05) is 20.8 Å². The zero-order valence-corrected chi connectivity index (χ0v) is 13.1. The van der Waals surface area contributed by atoms with Crippen LogP contribution in [-0.2, 0) is 9.59 Å². The average Bonchev–Trinajstić information content (AvgIpc) is 3.09. The van der Waals surface area contributed by atoms with Gasteiger partial charge in [0, 0.05) is 19.1 Å². The maximum absolute atomic E-state index is 12.1. The number of hydrogen-bond donors (Lipinski definition) is 3. The Balaban J connectivity index is 2.50. The predicted octanol–water partition coefficient (Wildman–Crippen LogP) is 0.796. The molecule has 1 saturated carbocycles. The van der Waals surface area contributed by atoms with Gasteiger partial charge < -0.3 is 20.6 Å². The summed E-state index contributed by atoms with van der Waals surface area (Å²) in [5.74, 6) is -1.16. The number of carbonyl (C=O) groups excluding carboxylic acids is 2. The summed E-state index contributed by atoms with van der Waals surface area (Å²) < 4.78 is 0. The van der Waals surface area contributed by atoms with Gasteiger partial charge in [0.2, 0.25) is 5.91 Å². The molecule has 7 heteroatoms. The molecule has 3 amide bonds. The lowest BCUT2D eigenvalue weighted by atomic mass is 9.85. The zero-order valence-electron chi connectivity index (χ0n) is 13.1. The molecular formula is C14H25N3O4. The molecule has 0 aliphatic heterocycles. The predicted molar refractivity (Wildman–Crippen MR) is 77.8 cm³/mol. The molecule has 1 aliphatic carbocycles. The molecular weight excluding hydrogens is 274 g/mol. The normalized spacial score (nSPS) is 16.0. The molecule has 3 N–H and O–H groups in total. The average molecular weight is 299 g/mol. The first-order valence-electron chi connectivity index (χ1n) is 7.12. The van der Waals surface area contributed by atoms with E-state index in [9.17, 15) is 14.4 Å². The van der Waals surface area contributed by atoms with Crippen molar-refractivity contribution in [2.75, 3.05) is 13.6 Å². The number of likely N-dealkylation sites (N-methyl/N-ethyl adjacent to an activating group) is 1. The number of carbonyl (C=O) groups is 3. The first-order chi connectivity index (χ1) is 9.59. The van der Waals surface area contributed by atoms with Gasteiger partial charge in [0.15, 0.2) is 0 Å². The second kappa shape index (κ2) is 6.78. The largest absolute Gasteiger partial charge is 0.481 e. The molecule has 0 spiro atoms. The van der Waals surface area contributed by atoms with Crippen LogP contribution in [-0.4, -0.2) is 53.6 Å². The van der Waals surface area contributed by atoms with Crippen LogP contribution in [0.3, 0.4) is 0 Å². The van der Waals surface area contributed by atoms with Gasteiger partial charge in [0.25, 0.3) is 0 Å². The van der Waals surface area contributed by atoms with Crippen LogP contribution in [0.25, 0.3) is 0 Å². The van der Waals surface area contributed by atoms with E-state index in [4.69, 9.17) is 5.11 Å². The van der Waals surface area contributed by atoms with Gasteiger partial charge in [-0.15, -0.1) is 0 Å². The monoisotopic (exact) mass is 299 g/mol. The Hall–Kier alpha value is -1.79. The number of nitrogens with one attached hydrogen (secondary N) is 2. The van der Waals surface area contributed by atoms with Crippen LogP contribution in [0.5, 0.6) is 0 Å². The molecule has 7 nitrogen and oxygen atoms in total. The fourth-order valence-corrected chi connectivity index (χ4v) is 1.80. The van der Waals surface area contributed by atoms with Crippen LogP contribution in [0, 0.1) is 5.41 Å².